The van der Waals surface area contributed by atoms with Crippen LogP contribution in [0.15, 0.2) is 78.9 Å². The minimum Gasteiger partial charge on any atom is -0.497 e. The smallest absolute Gasteiger partial charge is 0.257 e. The van der Waals surface area contributed by atoms with Crippen LogP contribution in [0.5, 0.6) is 5.75 Å². The number of anilines is 1. The molecule has 1 N–H and O–H groups in total. The molecule has 0 aliphatic rings. The third-order valence-electron chi connectivity index (χ3n) is 5.48. The number of hydrogen-bond acceptors (Lipinski definition) is 2. The molecule has 1 heterocycles. The van der Waals surface area contributed by atoms with Crippen molar-refractivity contribution in [1.29, 1.82) is 0 Å². The minimum atomic E-state index is -0.123. The molecule has 0 atom stereocenters. The molecule has 0 radical (unpaired) electrons. The number of nitrogens with zero attached hydrogens (tertiary/aromatic N) is 1. The van der Waals surface area contributed by atoms with Crippen LogP contribution in [0.1, 0.15) is 27.2 Å². The van der Waals surface area contributed by atoms with Gasteiger partial charge in [-0.15, -0.1) is 0 Å². The van der Waals surface area contributed by atoms with Crippen LogP contribution in [0.3, 0.4) is 0 Å². The summed E-state index contributed by atoms with van der Waals surface area (Å²) in [6, 6.07) is 26.0. The van der Waals surface area contributed by atoms with E-state index in [0.29, 0.717) is 5.56 Å². The summed E-state index contributed by atoms with van der Waals surface area (Å²) in [7, 11) is 1.65. The van der Waals surface area contributed by atoms with Gasteiger partial charge in [0.1, 0.15) is 5.75 Å². The number of nitrogens with one attached hydrogen (secondary N) is 1. The summed E-state index contributed by atoms with van der Waals surface area (Å²) in [5, 5.41) is 3.02. The van der Waals surface area contributed by atoms with E-state index in [9.17, 15) is 4.79 Å². The van der Waals surface area contributed by atoms with Crippen molar-refractivity contribution in [3.63, 3.8) is 0 Å². The predicted molar refractivity (Wildman–Crippen MR) is 126 cm³/mol. The maximum Gasteiger partial charge on any atom is 0.257 e. The Labute approximate surface area is 183 Å². The van der Waals surface area contributed by atoms with Crippen molar-refractivity contribution in [1.82, 2.24) is 4.57 Å². The Morgan fingerprint density at radius 3 is 1.97 bits per heavy atom. The van der Waals surface area contributed by atoms with Gasteiger partial charge in [0, 0.05) is 17.1 Å². The number of aromatic nitrogens is 1. The van der Waals surface area contributed by atoms with E-state index in [1.54, 1.807) is 7.11 Å². The Bertz CT molecular complexity index is 1200. The van der Waals surface area contributed by atoms with Gasteiger partial charge in [-0.25, -0.2) is 0 Å². The van der Waals surface area contributed by atoms with Gasteiger partial charge in [-0.2, -0.15) is 0 Å². The molecule has 0 fully saturated rings. The van der Waals surface area contributed by atoms with Gasteiger partial charge in [0.2, 0.25) is 0 Å². The average molecular weight is 411 g/mol. The first-order chi connectivity index (χ1) is 15.0. The van der Waals surface area contributed by atoms with Crippen LogP contribution in [0.2, 0.25) is 0 Å². The van der Waals surface area contributed by atoms with Crippen LogP contribution in [-0.2, 0) is 0 Å². The first kappa shape index (κ1) is 20.5. The van der Waals surface area contributed by atoms with E-state index in [4.69, 9.17) is 4.74 Å². The molecule has 1 amide bonds. The third-order valence-corrected chi connectivity index (χ3v) is 5.48. The Hall–Kier alpha value is -3.79. The second kappa shape index (κ2) is 8.52. The quantitative estimate of drug-likeness (QED) is 0.418. The number of rotatable bonds is 5. The summed E-state index contributed by atoms with van der Waals surface area (Å²) in [5.74, 6) is 0.674. The Kier molecular flexibility index (Phi) is 5.63. The van der Waals surface area contributed by atoms with Crippen LogP contribution in [-0.4, -0.2) is 17.6 Å². The zero-order valence-corrected chi connectivity index (χ0v) is 18.3. The lowest BCUT2D eigenvalue weighted by Gasteiger charge is -2.13. The second-order valence-corrected chi connectivity index (χ2v) is 7.75. The summed E-state index contributed by atoms with van der Waals surface area (Å²) < 4.78 is 7.43. The van der Waals surface area contributed by atoms with E-state index in [1.807, 2.05) is 68.4 Å². The number of benzene rings is 3. The number of amides is 1. The van der Waals surface area contributed by atoms with Crippen molar-refractivity contribution in [3.05, 3.63) is 101 Å². The topological polar surface area (TPSA) is 43.3 Å². The van der Waals surface area contributed by atoms with Crippen molar-refractivity contribution < 1.29 is 9.53 Å². The molecular formula is C27H26N2O2. The minimum absolute atomic E-state index is 0.123. The number of methoxy groups -OCH3 is 1. The molecule has 0 aliphatic carbocycles. The van der Waals surface area contributed by atoms with Crippen LogP contribution in [0.4, 0.5) is 5.69 Å². The number of carbonyl (C=O) groups is 1. The van der Waals surface area contributed by atoms with E-state index in [0.717, 1.165) is 39.6 Å². The molecule has 0 unspecified atom stereocenters. The molecule has 0 spiro atoms. The van der Waals surface area contributed by atoms with Gasteiger partial charge in [-0.1, -0.05) is 35.4 Å². The van der Waals surface area contributed by atoms with Crippen LogP contribution < -0.4 is 10.1 Å². The van der Waals surface area contributed by atoms with E-state index in [-0.39, 0.29) is 5.91 Å². The van der Waals surface area contributed by atoms with Gasteiger partial charge >= 0.3 is 0 Å². The number of ether oxygens (including phenoxy) is 1. The Morgan fingerprint density at radius 1 is 0.806 bits per heavy atom. The van der Waals surface area contributed by atoms with Crippen LogP contribution >= 0.6 is 0 Å². The number of aryl methyl sites for hydroxylation is 2. The molecule has 156 valence electrons. The van der Waals surface area contributed by atoms with Crippen molar-refractivity contribution in [2.45, 2.75) is 20.8 Å². The summed E-state index contributed by atoms with van der Waals surface area (Å²) in [6.07, 6.45) is 0. The standard InChI is InChI=1S/C27H26N2O2/c1-18-5-11-22(12-6-18)28-27(30)25-17-26(21-9-15-24(31-4)16-10-21)29(20(25)3)23-13-7-19(2)8-14-23/h5-17H,1-4H3,(H,28,30). The first-order valence-electron chi connectivity index (χ1n) is 10.3. The Balaban J connectivity index is 1.79. The summed E-state index contributed by atoms with van der Waals surface area (Å²) in [6.45, 7) is 6.08. The largest absolute Gasteiger partial charge is 0.497 e. The highest BCUT2D eigenvalue weighted by molar-refractivity contribution is 6.06. The SMILES string of the molecule is COc1ccc(-c2cc(C(=O)Nc3ccc(C)cc3)c(C)n2-c2ccc(C)cc2)cc1. The molecule has 4 aromatic rings. The first-order valence-corrected chi connectivity index (χ1v) is 10.3. The molecule has 0 bridgehead atoms. The lowest BCUT2D eigenvalue weighted by atomic mass is 10.1. The van der Waals surface area contributed by atoms with Crippen LogP contribution in [0.25, 0.3) is 16.9 Å². The molecule has 1 aromatic heterocycles. The zero-order chi connectivity index (χ0) is 22.0. The monoisotopic (exact) mass is 410 g/mol. The third kappa shape index (κ3) is 4.24. The molecule has 3 aromatic carbocycles. The molecule has 0 saturated carbocycles. The fourth-order valence-corrected chi connectivity index (χ4v) is 3.67. The highest BCUT2D eigenvalue weighted by atomic mass is 16.5. The molecule has 31 heavy (non-hydrogen) atoms. The molecule has 4 rings (SSSR count). The highest BCUT2D eigenvalue weighted by Crippen LogP contribution is 2.31. The molecular weight excluding hydrogens is 384 g/mol. The van der Waals surface area contributed by atoms with Gasteiger partial charge in [-0.05, 0) is 80.9 Å². The predicted octanol–water partition coefficient (Wildman–Crippen LogP) is 6.33. The van der Waals surface area contributed by atoms with Gasteiger partial charge in [0.15, 0.2) is 0 Å². The molecule has 0 aliphatic heterocycles. The number of carbonyl (C=O) groups excluding carboxylic acids is 1. The van der Waals surface area contributed by atoms with E-state index in [1.165, 1.54) is 5.56 Å². The van der Waals surface area contributed by atoms with Gasteiger partial charge < -0.3 is 14.6 Å². The van der Waals surface area contributed by atoms with E-state index in [2.05, 4.69) is 41.1 Å². The zero-order valence-electron chi connectivity index (χ0n) is 18.3. The Morgan fingerprint density at radius 2 is 1.39 bits per heavy atom. The highest BCUT2D eigenvalue weighted by Gasteiger charge is 2.20. The van der Waals surface area contributed by atoms with Gasteiger partial charge in [0.25, 0.3) is 5.91 Å². The van der Waals surface area contributed by atoms with Crippen molar-refractivity contribution in [2.75, 3.05) is 12.4 Å². The van der Waals surface area contributed by atoms with Crippen molar-refractivity contribution >= 4 is 11.6 Å². The van der Waals surface area contributed by atoms with Gasteiger partial charge in [0.05, 0.1) is 18.4 Å². The van der Waals surface area contributed by atoms with E-state index < -0.39 is 0 Å². The maximum atomic E-state index is 13.2. The normalized spacial score (nSPS) is 10.7. The average Bonchev–Trinajstić information content (AvgIpc) is 3.13. The van der Waals surface area contributed by atoms with Crippen molar-refractivity contribution in [2.24, 2.45) is 0 Å². The molecule has 4 nitrogen and oxygen atoms in total. The lowest BCUT2D eigenvalue weighted by Crippen LogP contribution is -2.13. The fourth-order valence-electron chi connectivity index (χ4n) is 3.67. The fraction of sp³-hybridized carbons (Fsp3) is 0.148. The van der Waals surface area contributed by atoms with Crippen molar-refractivity contribution in [3.8, 4) is 22.7 Å². The van der Waals surface area contributed by atoms with E-state index >= 15 is 0 Å². The summed E-state index contributed by atoms with van der Waals surface area (Å²) >= 11 is 0. The van der Waals surface area contributed by atoms with Gasteiger partial charge in [-0.3, -0.25) is 4.79 Å². The van der Waals surface area contributed by atoms with Crippen LogP contribution in [0, 0.1) is 20.8 Å². The summed E-state index contributed by atoms with van der Waals surface area (Å²) in [4.78, 5) is 13.2. The molecule has 0 saturated heterocycles. The number of hydrogen-bond donors (Lipinski definition) is 1. The summed E-state index contributed by atoms with van der Waals surface area (Å²) in [5.41, 5.74) is 7.65. The lowest BCUT2D eigenvalue weighted by molar-refractivity contribution is 0.102. The molecule has 4 heteroatoms. The second-order valence-electron chi connectivity index (χ2n) is 7.75. The maximum absolute atomic E-state index is 13.2.